The molecule has 0 saturated heterocycles. The molecule has 0 heterocycles. The number of phenolic OH excluding ortho intramolecular Hbond substituents is 1. The fourth-order valence-corrected chi connectivity index (χ4v) is 1.74. The lowest BCUT2D eigenvalue weighted by atomic mass is 10.0. The summed E-state index contributed by atoms with van der Waals surface area (Å²) in [5.41, 5.74) is 2.08. The Kier molecular flexibility index (Phi) is 3.49. The second-order valence-electron chi connectivity index (χ2n) is 3.80. The van der Waals surface area contributed by atoms with Gasteiger partial charge < -0.3 is 9.84 Å². The van der Waals surface area contributed by atoms with E-state index >= 15 is 0 Å². The van der Waals surface area contributed by atoms with Crippen molar-refractivity contribution >= 4 is 0 Å². The summed E-state index contributed by atoms with van der Waals surface area (Å²) < 4.78 is 5.43. The lowest BCUT2D eigenvalue weighted by Gasteiger charge is -2.07. The first-order valence-electron chi connectivity index (χ1n) is 5.71. The minimum absolute atomic E-state index is 0.00295. The smallest absolute Gasteiger partial charge is 0.133 e. The van der Waals surface area contributed by atoms with Crippen LogP contribution in [0.2, 0.25) is 0 Å². The van der Waals surface area contributed by atoms with E-state index in [0.29, 0.717) is 6.61 Å². The van der Waals surface area contributed by atoms with Gasteiger partial charge in [-0.2, -0.15) is 5.26 Å². The Morgan fingerprint density at radius 2 is 1.94 bits per heavy atom. The number of rotatable bonds is 3. The van der Waals surface area contributed by atoms with Gasteiger partial charge in [-0.1, -0.05) is 18.2 Å². The van der Waals surface area contributed by atoms with E-state index in [1.54, 1.807) is 12.1 Å². The Morgan fingerprint density at radius 1 is 1.17 bits per heavy atom. The van der Waals surface area contributed by atoms with Crippen molar-refractivity contribution in [3.05, 3.63) is 48.0 Å². The summed E-state index contributed by atoms with van der Waals surface area (Å²) >= 11 is 0. The third-order valence-electron chi connectivity index (χ3n) is 2.60. The number of nitriles is 1. The van der Waals surface area contributed by atoms with Crippen LogP contribution in [0.4, 0.5) is 0 Å². The highest BCUT2D eigenvalue weighted by molar-refractivity contribution is 5.68. The molecule has 2 rings (SSSR count). The average Bonchev–Trinajstić information content (AvgIpc) is 2.39. The predicted molar refractivity (Wildman–Crippen MR) is 69.4 cm³/mol. The molecule has 90 valence electrons. The number of hydrogen-bond acceptors (Lipinski definition) is 3. The van der Waals surface area contributed by atoms with Crippen molar-refractivity contribution in [1.29, 1.82) is 5.26 Å². The Balaban J connectivity index is 2.40. The van der Waals surface area contributed by atoms with E-state index in [4.69, 9.17) is 10.00 Å². The maximum absolute atomic E-state index is 9.67. The molecule has 0 spiro atoms. The largest absolute Gasteiger partial charge is 0.507 e. The van der Waals surface area contributed by atoms with Crippen molar-refractivity contribution in [2.24, 2.45) is 0 Å². The third kappa shape index (κ3) is 2.44. The molecule has 0 aliphatic heterocycles. The molecule has 0 saturated carbocycles. The molecule has 18 heavy (non-hydrogen) atoms. The first-order chi connectivity index (χ1) is 8.74. The van der Waals surface area contributed by atoms with Gasteiger partial charge in [-0.25, -0.2) is 0 Å². The van der Waals surface area contributed by atoms with Gasteiger partial charge in [-0.15, -0.1) is 0 Å². The van der Waals surface area contributed by atoms with E-state index < -0.39 is 0 Å². The summed E-state index contributed by atoms with van der Waals surface area (Å²) in [7, 11) is 0. The highest BCUT2D eigenvalue weighted by Gasteiger charge is 2.04. The maximum Gasteiger partial charge on any atom is 0.133 e. The predicted octanol–water partition coefficient (Wildman–Crippen LogP) is 3.33. The number of benzene rings is 2. The second-order valence-corrected chi connectivity index (χ2v) is 3.80. The molecule has 2 aromatic carbocycles. The van der Waals surface area contributed by atoms with Gasteiger partial charge in [0, 0.05) is 0 Å². The molecule has 0 aliphatic rings. The fraction of sp³-hybridized carbons (Fsp3) is 0.133. The number of ether oxygens (including phenoxy) is 1. The quantitative estimate of drug-likeness (QED) is 0.893. The van der Waals surface area contributed by atoms with Gasteiger partial charge in [0.05, 0.1) is 12.2 Å². The van der Waals surface area contributed by atoms with Crippen LogP contribution in [0.1, 0.15) is 12.5 Å². The van der Waals surface area contributed by atoms with Gasteiger partial charge in [-0.3, -0.25) is 0 Å². The van der Waals surface area contributed by atoms with E-state index in [9.17, 15) is 5.11 Å². The summed E-state index contributed by atoms with van der Waals surface area (Å²) in [6.07, 6.45) is 0. The van der Waals surface area contributed by atoms with E-state index in [-0.39, 0.29) is 11.3 Å². The Morgan fingerprint density at radius 3 is 2.61 bits per heavy atom. The normalized spacial score (nSPS) is 9.78. The van der Waals surface area contributed by atoms with E-state index in [0.717, 1.165) is 16.9 Å². The first-order valence-corrected chi connectivity index (χ1v) is 5.71. The van der Waals surface area contributed by atoms with Crippen LogP contribution in [0.5, 0.6) is 11.5 Å². The van der Waals surface area contributed by atoms with Crippen molar-refractivity contribution < 1.29 is 9.84 Å². The van der Waals surface area contributed by atoms with Crippen LogP contribution in [0, 0.1) is 11.3 Å². The van der Waals surface area contributed by atoms with Crippen molar-refractivity contribution in [2.75, 3.05) is 6.61 Å². The number of aromatic hydroxyl groups is 1. The number of hydrogen-bond donors (Lipinski definition) is 1. The minimum atomic E-state index is -0.00295. The molecule has 2 aromatic rings. The SMILES string of the molecule is CCOc1cccc(-c2ccc(C#N)c(O)c2)c1. The molecule has 3 heteroatoms. The van der Waals surface area contributed by atoms with Crippen LogP contribution in [0.15, 0.2) is 42.5 Å². The monoisotopic (exact) mass is 239 g/mol. The fourth-order valence-electron chi connectivity index (χ4n) is 1.74. The second kappa shape index (κ2) is 5.24. The van der Waals surface area contributed by atoms with Crippen LogP contribution in [-0.4, -0.2) is 11.7 Å². The van der Waals surface area contributed by atoms with E-state index in [1.807, 2.05) is 43.3 Å². The van der Waals surface area contributed by atoms with Crippen LogP contribution >= 0.6 is 0 Å². The van der Waals surface area contributed by atoms with Crippen molar-refractivity contribution in [1.82, 2.24) is 0 Å². The molecular formula is C15H13NO2. The van der Waals surface area contributed by atoms with Crippen molar-refractivity contribution in [3.63, 3.8) is 0 Å². The molecule has 0 aromatic heterocycles. The number of nitrogens with zero attached hydrogens (tertiary/aromatic N) is 1. The zero-order chi connectivity index (χ0) is 13.0. The maximum atomic E-state index is 9.67. The zero-order valence-corrected chi connectivity index (χ0v) is 10.1. The molecule has 0 amide bonds. The standard InChI is InChI=1S/C15H13NO2/c1-2-18-14-5-3-4-11(8-14)12-6-7-13(10-16)15(17)9-12/h3-9,17H,2H2,1H3. The van der Waals surface area contributed by atoms with Crippen LogP contribution in [0.25, 0.3) is 11.1 Å². The number of phenols is 1. The van der Waals surface area contributed by atoms with Crippen molar-refractivity contribution in [2.45, 2.75) is 6.92 Å². The van der Waals surface area contributed by atoms with Gasteiger partial charge in [-0.05, 0) is 42.3 Å². The van der Waals surface area contributed by atoms with Gasteiger partial charge in [0.2, 0.25) is 0 Å². The molecule has 1 N–H and O–H groups in total. The summed E-state index contributed by atoms with van der Waals surface area (Å²) in [5.74, 6) is 0.788. The van der Waals surface area contributed by atoms with Crippen LogP contribution in [0.3, 0.4) is 0 Å². The van der Waals surface area contributed by atoms with Crippen LogP contribution < -0.4 is 4.74 Å². The summed E-state index contributed by atoms with van der Waals surface area (Å²) in [4.78, 5) is 0. The third-order valence-corrected chi connectivity index (χ3v) is 2.60. The lowest BCUT2D eigenvalue weighted by molar-refractivity contribution is 0.340. The zero-order valence-electron chi connectivity index (χ0n) is 10.1. The Hall–Kier alpha value is -2.47. The summed E-state index contributed by atoms with van der Waals surface area (Å²) in [6, 6.07) is 14.6. The minimum Gasteiger partial charge on any atom is -0.507 e. The molecular weight excluding hydrogens is 226 g/mol. The first kappa shape index (κ1) is 12.0. The molecule has 0 bridgehead atoms. The highest BCUT2D eigenvalue weighted by atomic mass is 16.5. The van der Waals surface area contributed by atoms with E-state index in [2.05, 4.69) is 0 Å². The topological polar surface area (TPSA) is 53.2 Å². The Labute approximate surface area is 106 Å². The van der Waals surface area contributed by atoms with Crippen molar-refractivity contribution in [3.8, 4) is 28.7 Å². The molecule has 0 unspecified atom stereocenters. The summed E-state index contributed by atoms with van der Waals surface area (Å²) in [6.45, 7) is 2.54. The van der Waals surface area contributed by atoms with Crippen LogP contribution in [-0.2, 0) is 0 Å². The molecule has 0 atom stereocenters. The molecule has 3 nitrogen and oxygen atoms in total. The highest BCUT2D eigenvalue weighted by Crippen LogP contribution is 2.28. The molecule has 0 radical (unpaired) electrons. The Bertz CT molecular complexity index is 600. The van der Waals surface area contributed by atoms with Gasteiger partial charge >= 0.3 is 0 Å². The summed E-state index contributed by atoms with van der Waals surface area (Å²) in [5, 5.41) is 18.4. The van der Waals surface area contributed by atoms with E-state index in [1.165, 1.54) is 0 Å². The van der Waals surface area contributed by atoms with Gasteiger partial charge in [0.25, 0.3) is 0 Å². The molecule has 0 fully saturated rings. The van der Waals surface area contributed by atoms with Gasteiger partial charge in [0.15, 0.2) is 0 Å². The average molecular weight is 239 g/mol. The van der Waals surface area contributed by atoms with Gasteiger partial charge in [0.1, 0.15) is 17.6 Å². The lowest BCUT2D eigenvalue weighted by Crippen LogP contribution is -1.91. The molecule has 0 aliphatic carbocycles.